The summed E-state index contributed by atoms with van der Waals surface area (Å²) in [5.41, 5.74) is 1.34. The summed E-state index contributed by atoms with van der Waals surface area (Å²) in [4.78, 5) is 13.2. The average Bonchev–Trinajstić information content (AvgIpc) is 2.70. The molecule has 0 atom stereocenters. The maximum atomic E-state index is 12.9. The molecule has 1 aliphatic rings. The van der Waals surface area contributed by atoms with Gasteiger partial charge in [0.1, 0.15) is 0 Å². The predicted octanol–water partition coefficient (Wildman–Crippen LogP) is 4.74. The van der Waals surface area contributed by atoms with Gasteiger partial charge in [0, 0.05) is 29.2 Å². The molecule has 0 aromatic heterocycles. The largest absolute Gasteiger partial charge is 0.322 e. The molecular weight excluding hydrogens is 418 g/mol. The molecule has 0 aliphatic carbocycles. The zero-order valence-corrected chi connectivity index (χ0v) is 17.5. The molecular formula is C20H22F2N2O3S2. The number of hydrogen-bond donors (Lipinski definition) is 1. The van der Waals surface area contributed by atoms with E-state index in [9.17, 15) is 22.0 Å². The summed E-state index contributed by atoms with van der Waals surface area (Å²) in [6.45, 7) is 2.70. The van der Waals surface area contributed by atoms with Crippen LogP contribution < -0.4 is 5.32 Å². The van der Waals surface area contributed by atoms with Crippen molar-refractivity contribution in [2.24, 2.45) is 0 Å². The fourth-order valence-electron chi connectivity index (χ4n) is 3.18. The number of carbonyl (C=O) groups excluding carboxylic acids is 1. The molecule has 1 N–H and O–H groups in total. The Morgan fingerprint density at radius 3 is 2.34 bits per heavy atom. The van der Waals surface area contributed by atoms with Gasteiger partial charge in [-0.25, -0.2) is 8.42 Å². The zero-order valence-electron chi connectivity index (χ0n) is 15.9. The first-order valence-corrected chi connectivity index (χ1v) is 11.6. The summed E-state index contributed by atoms with van der Waals surface area (Å²) in [5, 5.41) is 2.69. The van der Waals surface area contributed by atoms with Gasteiger partial charge in [0.25, 0.3) is 11.7 Å². The molecule has 0 radical (unpaired) electrons. The Balaban J connectivity index is 1.79. The summed E-state index contributed by atoms with van der Waals surface area (Å²) in [6, 6.07) is 10.6. The third-order valence-electron chi connectivity index (χ3n) is 4.74. The van der Waals surface area contributed by atoms with E-state index in [4.69, 9.17) is 0 Å². The van der Waals surface area contributed by atoms with Crippen LogP contribution in [0.25, 0.3) is 0 Å². The van der Waals surface area contributed by atoms with Gasteiger partial charge in [0.15, 0.2) is 0 Å². The number of benzene rings is 2. The van der Waals surface area contributed by atoms with Crippen LogP contribution in [0, 0.1) is 6.92 Å². The van der Waals surface area contributed by atoms with Crippen molar-refractivity contribution >= 4 is 33.4 Å². The van der Waals surface area contributed by atoms with E-state index < -0.39 is 21.7 Å². The second-order valence-electron chi connectivity index (χ2n) is 6.80. The molecule has 29 heavy (non-hydrogen) atoms. The highest BCUT2D eigenvalue weighted by molar-refractivity contribution is 7.99. The SMILES string of the molecule is Cc1ccc(S(=O)(=O)N2CCCCC2)cc1C(=O)Nc1ccc(SC(F)F)cc1. The van der Waals surface area contributed by atoms with Crippen molar-refractivity contribution in [2.45, 2.75) is 41.7 Å². The lowest BCUT2D eigenvalue weighted by molar-refractivity contribution is 0.102. The number of alkyl halides is 2. The third-order valence-corrected chi connectivity index (χ3v) is 7.36. The third kappa shape index (κ3) is 5.34. The van der Waals surface area contributed by atoms with Crippen LogP contribution in [0.15, 0.2) is 52.3 Å². The minimum Gasteiger partial charge on any atom is -0.322 e. The van der Waals surface area contributed by atoms with E-state index in [1.165, 1.54) is 40.7 Å². The van der Waals surface area contributed by atoms with Crippen LogP contribution in [0.5, 0.6) is 0 Å². The summed E-state index contributed by atoms with van der Waals surface area (Å²) in [5.74, 6) is -2.96. The highest BCUT2D eigenvalue weighted by Gasteiger charge is 2.27. The number of sulfonamides is 1. The number of hydrogen-bond acceptors (Lipinski definition) is 4. The molecule has 156 valence electrons. The molecule has 0 unspecified atom stereocenters. The quantitative estimate of drug-likeness (QED) is 0.659. The van der Waals surface area contributed by atoms with E-state index in [0.717, 1.165) is 19.3 Å². The van der Waals surface area contributed by atoms with E-state index in [1.807, 2.05) is 0 Å². The maximum absolute atomic E-state index is 12.9. The molecule has 9 heteroatoms. The molecule has 2 aromatic carbocycles. The molecule has 2 aromatic rings. The summed E-state index contributed by atoms with van der Waals surface area (Å²) >= 11 is 0.426. The van der Waals surface area contributed by atoms with Crippen molar-refractivity contribution in [3.63, 3.8) is 0 Å². The van der Waals surface area contributed by atoms with Crippen molar-refractivity contribution < 1.29 is 22.0 Å². The van der Waals surface area contributed by atoms with Gasteiger partial charge in [-0.2, -0.15) is 13.1 Å². The van der Waals surface area contributed by atoms with Gasteiger partial charge in [-0.05, 0) is 61.7 Å². The molecule has 1 heterocycles. The van der Waals surface area contributed by atoms with Gasteiger partial charge < -0.3 is 5.32 Å². The smallest absolute Gasteiger partial charge is 0.288 e. The number of aryl methyl sites for hydroxylation is 1. The number of piperidine rings is 1. The predicted molar refractivity (Wildman–Crippen MR) is 110 cm³/mol. The second-order valence-corrected chi connectivity index (χ2v) is 9.80. The number of rotatable bonds is 6. The van der Waals surface area contributed by atoms with Crippen LogP contribution in [-0.2, 0) is 10.0 Å². The summed E-state index contributed by atoms with van der Waals surface area (Å²) in [6.07, 6.45) is 2.68. The molecule has 0 spiro atoms. The zero-order chi connectivity index (χ0) is 21.0. The summed E-state index contributed by atoms with van der Waals surface area (Å²) in [7, 11) is -3.65. The molecule has 1 amide bonds. The number of carbonyl (C=O) groups is 1. The van der Waals surface area contributed by atoms with E-state index in [2.05, 4.69) is 5.32 Å². The molecule has 0 bridgehead atoms. The van der Waals surface area contributed by atoms with E-state index in [-0.39, 0.29) is 10.5 Å². The Bertz CT molecular complexity index is 974. The number of anilines is 1. The molecule has 1 fully saturated rings. The highest BCUT2D eigenvalue weighted by Crippen LogP contribution is 2.27. The normalized spacial score (nSPS) is 15.4. The van der Waals surface area contributed by atoms with Crippen LogP contribution >= 0.6 is 11.8 Å². The van der Waals surface area contributed by atoms with Crippen molar-refractivity contribution in [1.82, 2.24) is 4.31 Å². The van der Waals surface area contributed by atoms with Gasteiger partial charge in [0.2, 0.25) is 10.0 Å². The van der Waals surface area contributed by atoms with Crippen LogP contribution in [0.2, 0.25) is 0 Å². The van der Waals surface area contributed by atoms with Crippen LogP contribution in [-0.4, -0.2) is 37.5 Å². The standard InChI is InChI=1S/C20H22F2N2O3S2/c1-14-5-10-17(29(26,27)24-11-3-2-4-12-24)13-18(14)19(25)23-15-6-8-16(9-7-15)28-20(21)22/h5-10,13,20H,2-4,11-12H2,1H3,(H,23,25). The fraction of sp³-hybridized carbons (Fsp3) is 0.350. The first kappa shape index (κ1) is 21.7. The number of thioether (sulfide) groups is 1. The Morgan fingerprint density at radius 2 is 1.72 bits per heavy atom. The number of nitrogens with one attached hydrogen (secondary N) is 1. The molecule has 0 saturated carbocycles. The van der Waals surface area contributed by atoms with Gasteiger partial charge >= 0.3 is 0 Å². The van der Waals surface area contributed by atoms with Crippen LogP contribution in [0.4, 0.5) is 14.5 Å². The molecule has 5 nitrogen and oxygen atoms in total. The Morgan fingerprint density at radius 1 is 1.07 bits per heavy atom. The number of halogens is 2. The lowest BCUT2D eigenvalue weighted by Crippen LogP contribution is -2.35. The maximum Gasteiger partial charge on any atom is 0.288 e. The Labute approximate surface area is 173 Å². The summed E-state index contributed by atoms with van der Waals surface area (Å²) < 4.78 is 52.0. The Kier molecular flexibility index (Phi) is 6.92. The average molecular weight is 441 g/mol. The lowest BCUT2D eigenvalue weighted by atomic mass is 10.1. The minimum absolute atomic E-state index is 0.0961. The minimum atomic E-state index is -3.65. The number of nitrogens with zero attached hydrogens (tertiary/aromatic N) is 1. The van der Waals surface area contributed by atoms with Gasteiger partial charge in [0.05, 0.1) is 4.90 Å². The first-order valence-electron chi connectivity index (χ1n) is 9.24. The van der Waals surface area contributed by atoms with Crippen LogP contribution in [0.1, 0.15) is 35.2 Å². The van der Waals surface area contributed by atoms with E-state index in [1.54, 1.807) is 13.0 Å². The monoisotopic (exact) mass is 440 g/mol. The van der Waals surface area contributed by atoms with Crippen LogP contribution in [0.3, 0.4) is 0 Å². The van der Waals surface area contributed by atoms with E-state index in [0.29, 0.717) is 41.0 Å². The molecule has 1 aliphatic heterocycles. The van der Waals surface area contributed by atoms with Gasteiger partial charge in [-0.15, -0.1) is 0 Å². The van der Waals surface area contributed by atoms with Crippen molar-refractivity contribution in [3.8, 4) is 0 Å². The first-order chi connectivity index (χ1) is 13.8. The molecule has 1 saturated heterocycles. The van der Waals surface area contributed by atoms with Crippen molar-refractivity contribution in [1.29, 1.82) is 0 Å². The van der Waals surface area contributed by atoms with Gasteiger partial charge in [-0.3, -0.25) is 4.79 Å². The van der Waals surface area contributed by atoms with Gasteiger partial charge in [-0.1, -0.05) is 24.2 Å². The Hall–Kier alpha value is -1.97. The molecule has 3 rings (SSSR count). The second kappa shape index (κ2) is 9.23. The lowest BCUT2D eigenvalue weighted by Gasteiger charge is -2.26. The number of amides is 1. The van der Waals surface area contributed by atoms with Crippen molar-refractivity contribution in [3.05, 3.63) is 53.6 Å². The van der Waals surface area contributed by atoms with Crippen molar-refractivity contribution in [2.75, 3.05) is 18.4 Å². The van der Waals surface area contributed by atoms with E-state index >= 15 is 0 Å². The topological polar surface area (TPSA) is 66.5 Å². The fourth-order valence-corrected chi connectivity index (χ4v) is 5.22. The highest BCUT2D eigenvalue weighted by atomic mass is 32.2.